The summed E-state index contributed by atoms with van der Waals surface area (Å²) in [5, 5.41) is 13.4. The van der Waals surface area contributed by atoms with Crippen LogP contribution in [0.3, 0.4) is 0 Å². The Hall–Kier alpha value is -4.55. The lowest BCUT2D eigenvalue weighted by molar-refractivity contribution is -0.130. The van der Waals surface area contributed by atoms with Gasteiger partial charge in [-0.1, -0.05) is 59.6 Å². The molecule has 0 aliphatic carbocycles. The molecule has 13 heteroatoms. The van der Waals surface area contributed by atoms with E-state index in [1.807, 2.05) is 59.1 Å². The third-order valence-corrected chi connectivity index (χ3v) is 11.3. The number of aryl methyl sites for hydroxylation is 1. The molecule has 0 spiro atoms. The van der Waals surface area contributed by atoms with Crippen LogP contribution in [0.1, 0.15) is 43.9 Å². The highest BCUT2D eigenvalue weighted by molar-refractivity contribution is 6.39. The fraction of sp³-hybridized carbons (Fsp3) is 0.375. The first-order valence-electron chi connectivity index (χ1n) is 18.0. The number of nitrogens with zero attached hydrogens (tertiary/aromatic N) is 6. The number of hydrogen-bond donors (Lipinski definition) is 2. The van der Waals surface area contributed by atoms with Gasteiger partial charge >= 0.3 is 0 Å². The van der Waals surface area contributed by atoms with E-state index in [-0.39, 0.29) is 17.9 Å². The first kappa shape index (κ1) is 36.8. The molecule has 2 saturated heterocycles. The summed E-state index contributed by atoms with van der Waals surface area (Å²) in [6, 6.07) is 18.4. The molecular formula is C40H44Cl2N8O3. The minimum atomic E-state index is 0.101. The van der Waals surface area contributed by atoms with E-state index in [4.69, 9.17) is 43.0 Å². The predicted octanol–water partition coefficient (Wildman–Crippen LogP) is 6.49. The van der Waals surface area contributed by atoms with Crippen molar-refractivity contribution in [1.82, 2.24) is 40.2 Å². The van der Waals surface area contributed by atoms with E-state index in [0.29, 0.717) is 59.4 Å². The van der Waals surface area contributed by atoms with Crippen molar-refractivity contribution in [1.29, 1.82) is 0 Å². The number of ether oxygens (including phenoxy) is 1. The molecule has 7 rings (SSSR count). The van der Waals surface area contributed by atoms with E-state index in [1.54, 1.807) is 20.2 Å². The number of hydrogen-bond acceptors (Lipinski definition) is 8. The average Bonchev–Trinajstić information content (AvgIpc) is 3.72. The molecule has 5 aromatic rings. The fourth-order valence-corrected chi connectivity index (χ4v) is 8.16. The van der Waals surface area contributed by atoms with Crippen LogP contribution in [-0.4, -0.2) is 87.2 Å². The molecule has 53 heavy (non-hydrogen) atoms. The molecule has 2 N–H and O–H groups in total. The van der Waals surface area contributed by atoms with Gasteiger partial charge in [0.1, 0.15) is 0 Å². The number of halogens is 2. The molecule has 11 nitrogen and oxygen atoms in total. The van der Waals surface area contributed by atoms with Crippen molar-refractivity contribution in [3.05, 3.63) is 82.1 Å². The zero-order valence-corrected chi connectivity index (χ0v) is 32.0. The largest absolute Gasteiger partial charge is 0.481 e. The van der Waals surface area contributed by atoms with Gasteiger partial charge in [0.2, 0.25) is 17.7 Å². The monoisotopic (exact) mass is 754 g/mol. The zero-order valence-electron chi connectivity index (χ0n) is 30.5. The fourth-order valence-electron chi connectivity index (χ4n) is 7.52. The maximum atomic E-state index is 11.8. The first-order valence-corrected chi connectivity index (χ1v) is 18.8. The number of carbonyl (C=O) groups excluding carboxylic acids is 2. The molecule has 2 aliphatic heterocycles. The highest BCUT2D eigenvalue weighted by Crippen LogP contribution is 2.42. The number of carbonyl (C=O) groups is 2. The van der Waals surface area contributed by atoms with Crippen molar-refractivity contribution in [3.63, 3.8) is 0 Å². The van der Waals surface area contributed by atoms with E-state index in [1.165, 1.54) is 0 Å². The van der Waals surface area contributed by atoms with Crippen molar-refractivity contribution in [2.75, 3.05) is 33.8 Å². The third kappa shape index (κ3) is 7.75. The summed E-state index contributed by atoms with van der Waals surface area (Å²) >= 11 is 14.3. The van der Waals surface area contributed by atoms with Crippen LogP contribution >= 0.6 is 23.2 Å². The van der Waals surface area contributed by atoms with Gasteiger partial charge in [-0.3, -0.25) is 24.2 Å². The van der Waals surface area contributed by atoms with E-state index < -0.39 is 0 Å². The normalized spacial score (nSPS) is 16.5. The van der Waals surface area contributed by atoms with Gasteiger partial charge in [0.15, 0.2) is 0 Å². The number of benzene rings is 2. The first-order chi connectivity index (χ1) is 25.6. The molecule has 2 amide bonds. The van der Waals surface area contributed by atoms with Crippen LogP contribution in [-0.2, 0) is 29.7 Å². The summed E-state index contributed by atoms with van der Waals surface area (Å²) in [6.07, 6.45) is 5.07. The molecule has 1 atom stereocenters. The Balaban J connectivity index is 1.11. The molecule has 1 unspecified atom stereocenters. The number of rotatable bonds is 11. The standard InChI is InChI=1S/C40H44Cl2N8O3/c1-24(51)50-18-15-28(16-19-50)48(2)23-34-31-11-8-25(20-35(31)49(3)47-34)39-38(42)30(14-17-44-39)29-6-5-7-32(37(29)41)33-12-9-26(40(46-33)53-4)21-43-22-27-10-13-36(52)45-27/h5-9,11-12,14,17,20,27-28,43H,10,13,15-16,18-19,21-23H2,1-4H3,(H,45,52). The highest BCUT2D eigenvalue weighted by Gasteiger charge is 2.25. The predicted molar refractivity (Wildman–Crippen MR) is 209 cm³/mol. The van der Waals surface area contributed by atoms with Crippen LogP contribution in [0.5, 0.6) is 5.88 Å². The number of fused-ring (bicyclic) bond motifs is 1. The Morgan fingerprint density at radius 1 is 1.04 bits per heavy atom. The Kier molecular flexibility index (Phi) is 11.0. The van der Waals surface area contributed by atoms with Crippen molar-refractivity contribution in [2.45, 2.75) is 57.8 Å². The minimum Gasteiger partial charge on any atom is -0.481 e. The molecule has 0 saturated carbocycles. The lowest BCUT2D eigenvalue weighted by Crippen LogP contribution is -2.44. The number of aromatic nitrogens is 4. The van der Waals surface area contributed by atoms with Crippen LogP contribution < -0.4 is 15.4 Å². The van der Waals surface area contributed by atoms with E-state index in [9.17, 15) is 9.59 Å². The van der Waals surface area contributed by atoms with E-state index in [2.05, 4.69) is 34.7 Å². The quantitative estimate of drug-likeness (QED) is 0.157. The van der Waals surface area contributed by atoms with Gasteiger partial charge in [-0.15, -0.1) is 0 Å². The molecule has 2 fully saturated rings. The lowest BCUT2D eigenvalue weighted by Gasteiger charge is -2.36. The highest BCUT2D eigenvalue weighted by atomic mass is 35.5. The van der Waals surface area contributed by atoms with Crippen LogP contribution in [0.2, 0.25) is 10.0 Å². The van der Waals surface area contributed by atoms with Gasteiger partial charge < -0.3 is 20.3 Å². The van der Waals surface area contributed by atoms with Crippen molar-refractivity contribution in [3.8, 4) is 39.5 Å². The number of methoxy groups -OCH3 is 1. The van der Waals surface area contributed by atoms with Crippen LogP contribution in [0.15, 0.2) is 60.8 Å². The second-order valence-corrected chi connectivity index (χ2v) is 14.7. The summed E-state index contributed by atoms with van der Waals surface area (Å²) in [5.41, 5.74) is 7.40. The molecule has 2 aliphatic rings. The summed E-state index contributed by atoms with van der Waals surface area (Å²) < 4.78 is 7.58. The van der Waals surface area contributed by atoms with Gasteiger partial charge in [-0.05, 0) is 44.5 Å². The van der Waals surface area contributed by atoms with Gasteiger partial charge in [0, 0.05) is 105 Å². The molecule has 5 heterocycles. The van der Waals surface area contributed by atoms with Crippen molar-refractivity contribution >= 4 is 45.9 Å². The van der Waals surface area contributed by atoms with Crippen LogP contribution in [0, 0.1) is 0 Å². The Bertz CT molecular complexity index is 2160. The average molecular weight is 756 g/mol. The number of likely N-dealkylation sites (tertiary alicyclic amines) is 1. The summed E-state index contributed by atoms with van der Waals surface area (Å²) in [4.78, 5) is 37.1. The van der Waals surface area contributed by atoms with Gasteiger partial charge in [-0.2, -0.15) is 5.10 Å². The molecule has 0 radical (unpaired) electrons. The summed E-state index contributed by atoms with van der Waals surface area (Å²) in [5.74, 6) is 0.753. The Labute approximate surface area is 319 Å². The Morgan fingerprint density at radius 3 is 2.55 bits per heavy atom. The molecule has 2 aromatic carbocycles. The topological polar surface area (TPSA) is 118 Å². The lowest BCUT2D eigenvalue weighted by atomic mass is 9.99. The summed E-state index contributed by atoms with van der Waals surface area (Å²) in [7, 11) is 5.70. The maximum absolute atomic E-state index is 11.8. The SMILES string of the molecule is COc1nc(-c2cccc(-c3ccnc(-c4ccc5c(CN(C)C6CCN(C(C)=O)CC6)nn(C)c5c4)c3Cl)c2Cl)ccc1CNCC1CCC(=O)N1. The third-order valence-electron chi connectivity index (χ3n) is 10.5. The molecular weight excluding hydrogens is 711 g/mol. The molecule has 3 aromatic heterocycles. The summed E-state index contributed by atoms with van der Waals surface area (Å²) in [6.45, 7) is 5.17. The second kappa shape index (κ2) is 15.8. The number of pyridine rings is 2. The number of piperidine rings is 1. The number of nitrogens with one attached hydrogen (secondary N) is 2. The van der Waals surface area contributed by atoms with Gasteiger partial charge in [-0.25, -0.2) is 4.98 Å². The van der Waals surface area contributed by atoms with E-state index in [0.717, 1.165) is 76.8 Å². The molecule has 0 bridgehead atoms. The van der Waals surface area contributed by atoms with Gasteiger partial charge in [0.05, 0.1) is 39.8 Å². The van der Waals surface area contributed by atoms with Crippen molar-refractivity contribution in [2.24, 2.45) is 7.05 Å². The second-order valence-electron chi connectivity index (χ2n) is 13.9. The zero-order chi connectivity index (χ0) is 37.2. The van der Waals surface area contributed by atoms with Crippen LogP contribution in [0.25, 0.3) is 44.5 Å². The minimum absolute atomic E-state index is 0.101. The smallest absolute Gasteiger partial charge is 0.220 e. The maximum Gasteiger partial charge on any atom is 0.220 e. The van der Waals surface area contributed by atoms with Gasteiger partial charge in [0.25, 0.3) is 0 Å². The van der Waals surface area contributed by atoms with E-state index >= 15 is 0 Å². The Morgan fingerprint density at radius 2 is 1.81 bits per heavy atom. The molecule has 276 valence electrons. The number of amides is 2. The van der Waals surface area contributed by atoms with Crippen LogP contribution in [0.4, 0.5) is 0 Å². The van der Waals surface area contributed by atoms with Crippen molar-refractivity contribution < 1.29 is 14.3 Å².